The Kier molecular flexibility index (Phi) is 5.73. The lowest BCUT2D eigenvalue weighted by Crippen LogP contribution is -2.36. The van der Waals surface area contributed by atoms with Crippen LogP contribution < -0.4 is 5.32 Å². The summed E-state index contributed by atoms with van der Waals surface area (Å²) in [6.07, 6.45) is 8.75. The minimum atomic E-state index is 0.796. The van der Waals surface area contributed by atoms with E-state index < -0.39 is 0 Å². The summed E-state index contributed by atoms with van der Waals surface area (Å²) in [4.78, 5) is 15.0. The Labute approximate surface area is 174 Å². The lowest BCUT2D eigenvalue weighted by molar-refractivity contribution is 0.0331. The minimum Gasteiger partial charge on any atom is -0.379 e. The van der Waals surface area contributed by atoms with E-state index >= 15 is 0 Å². The van der Waals surface area contributed by atoms with Crippen molar-refractivity contribution in [1.82, 2.24) is 25.1 Å². The largest absolute Gasteiger partial charge is 0.379 e. The maximum atomic E-state index is 5.48. The van der Waals surface area contributed by atoms with Gasteiger partial charge >= 0.3 is 0 Å². The monoisotopic (exact) mass is 412 g/mol. The summed E-state index contributed by atoms with van der Waals surface area (Å²) in [5.74, 6) is 1.95. The van der Waals surface area contributed by atoms with Crippen LogP contribution in [0.25, 0.3) is 10.2 Å². The lowest BCUT2D eigenvalue weighted by Gasteiger charge is -2.25. The summed E-state index contributed by atoms with van der Waals surface area (Å²) < 4.78 is 5.48. The van der Waals surface area contributed by atoms with Crippen LogP contribution in [0.5, 0.6) is 0 Å². The third kappa shape index (κ3) is 4.29. The van der Waals surface area contributed by atoms with Gasteiger partial charge < -0.3 is 10.1 Å². The van der Waals surface area contributed by atoms with Crippen molar-refractivity contribution in [2.24, 2.45) is 0 Å². The molecule has 0 atom stereocenters. The van der Waals surface area contributed by atoms with Crippen molar-refractivity contribution in [2.75, 3.05) is 38.2 Å². The smallest absolute Gasteiger partial charge is 0.146 e. The topological polar surface area (TPSA) is 79.0 Å². The first-order chi connectivity index (χ1) is 14.4. The number of aryl methyl sites for hydroxylation is 3. The molecule has 1 aliphatic carbocycles. The average molecular weight is 413 g/mol. The van der Waals surface area contributed by atoms with Crippen molar-refractivity contribution in [3.05, 3.63) is 34.2 Å². The Bertz CT molecular complexity index is 948. The van der Waals surface area contributed by atoms with Gasteiger partial charge in [-0.25, -0.2) is 9.97 Å². The Balaban J connectivity index is 1.38. The first kappa shape index (κ1) is 19.0. The predicted molar refractivity (Wildman–Crippen MR) is 116 cm³/mol. The summed E-state index contributed by atoms with van der Waals surface area (Å²) in [6, 6.07) is 2.04. The molecule has 0 unspecified atom stereocenters. The lowest BCUT2D eigenvalue weighted by atomic mass is 9.97. The van der Waals surface area contributed by atoms with E-state index in [1.165, 1.54) is 40.8 Å². The highest BCUT2D eigenvalue weighted by atomic mass is 32.1. The molecule has 0 aromatic carbocycles. The summed E-state index contributed by atoms with van der Waals surface area (Å²) in [6.45, 7) is 5.20. The number of rotatable bonds is 7. The summed E-state index contributed by atoms with van der Waals surface area (Å²) in [7, 11) is 0. The molecular weight excluding hydrogens is 384 g/mol. The van der Waals surface area contributed by atoms with Crippen LogP contribution in [0, 0.1) is 0 Å². The van der Waals surface area contributed by atoms with Crippen molar-refractivity contribution in [3.8, 4) is 0 Å². The number of anilines is 1. The molecule has 7 nitrogen and oxygen atoms in total. The number of hydrogen-bond donors (Lipinski definition) is 2. The van der Waals surface area contributed by atoms with Crippen molar-refractivity contribution in [3.63, 3.8) is 0 Å². The highest BCUT2D eigenvalue weighted by Gasteiger charge is 2.22. The molecule has 0 radical (unpaired) electrons. The third-order valence-electron chi connectivity index (χ3n) is 5.80. The normalized spacial score (nSPS) is 17.5. The number of nitrogens with zero attached hydrogens (tertiary/aromatic N) is 4. The van der Waals surface area contributed by atoms with Crippen LogP contribution in [0.2, 0.25) is 0 Å². The fourth-order valence-corrected chi connectivity index (χ4v) is 5.55. The Morgan fingerprint density at radius 3 is 2.93 bits per heavy atom. The van der Waals surface area contributed by atoms with Crippen LogP contribution in [-0.2, 0) is 30.5 Å². The first-order valence-electron chi connectivity index (χ1n) is 10.7. The maximum absolute atomic E-state index is 5.48. The molecule has 3 aromatic heterocycles. The molecule has 0 saturated carbocycles. The number of fused-ring (bicyclic) bond motifs is 3. The summed E-state index contributed by atoms with van der Waals surface area (Å²) in [5.41, 5.74) is 2.67. The number of aromatic amines is 1. The molecule has 8 heteroatoms. The standard InChI is InChI=1S/C21H28N6OS/c1-2-6-17-16(5-1)19-20(22-8-3-4-15-7-9-23-26-15)24-18(25-21(19)29-17)14-27-10-12-28-13-11-27/h7,9H,1-6,8,10-14H2,(H,23,26)(H,22,24,25). The molecule has 3 aromatic rings. The first-order valence-corrected chi connectivity index (χ1v) is 11.5. The fraction of sp³-hybridized carbons (Fsp3) is 0.571. The quantitative estimate of drug-likeness (QED) is 0.581. The second-order valence-corrected chi connectivity index (χ2v) is 8.96. The van der Waals surface area contributed by atoms with Crippen LogP contribution in [0.15, 0.2) is 12.3 Å². The van der Waals surface area contributed by atoms with E-state index in [9.17, 15) is 0 Å². The number of ether oxygens (including phenoxy) is 1. The minimum absolute atomic E-state index is 0.796. The van der Waals surface area contributed by atoms with E-state index in [0.717, 1.165) is 75.1 Å². The Morgan fingerprint density at radius 2 is 2.07 bits per heavy atom. The zero-order valence-electron chi connectivity index (χ0n) is 16.7. The molecule has 2 aliphatic rings. The van der Waals surface area contributed by atoms with Gasteiger partial charge in [0.05, 0.1) is 25.1 Å². The number of nitrogens with one attached hydrogen (secondary N) is 2. The fourth-order valence-electron chi connectivity index (χ4n) is 4.27. The molecule has 0 spiro atoms. The van der Waals surface area contributed by atoms with Crippen LogP contribution in [0.1, 0.15) is 41.2 Å². The predicted octanol–water partition coefficient (Wildman–Crippen LogP) is 3.17. The zero-order valence-corrected chi connectivity index (χ0v) is 17.6. The summed E-state index contributed by atoms with van der Waals surface area (Å²) >= 11 is 1.88. The van der Waals surface area contributed by atoms with Crippen LogP contribution in [0.4, 0.5) is 5.82 Å². The van der Waals surface area contributed by atoms with E-state index in [1.54, 1.807) is 0 Å². The molecule has 0 bridgehead atoms. The van der Waals surface area contributed by atoms with E-state index in [0.29, 0.717) is 0 Å². The zero-order chi connectivity index (χ0) is 19.5. The molecule has 1 fully saturated rings. The van der Waals surface area contributed by atoms with Crippen molar-refractivity contribution in [2.45, 2.75) is 45.1 Å². The number of morpholine rings is 1. The molecular formula is C21H28N6OS. The number of hydrogen-bond acceptors (Lipinski definition) is 7. The maximum Gasteiger partial charge on any atom is 0.146 e. The number of H-pyrrole nitrogens is 1. The second kappa shape index (κ2) is 8.77. The average Bonchev–Trinajstić information content (AvgIpc) is 3.39. The van der Waals surface area contributed by atoms with Crippen LogP contribution >= 0.6 is 11.3 Å². The van der Waals surface area contributed by atoms with Gasteiger partial charge in [-0.05, 0) is 50.2 Å². The highest BCUT2D eigenvalue weighted by Crippen LogP contribution is 2.38. The van der Waals surface area contributed by atoms with E-state index in [-0.39, 0.29) is 0 Å². The van der Waals surface area contributed by atoms with Gasteiger partial charge in [0, 0.05) is 36.4 Å². The number of thiophene rings is 1. The van der Waals surface area contributed by atoms with Crippen LogP contribution in [-0.4, -0.2) is 57.9 Å². The van der Waals surface area contributed by atoms with Gasteiger partial charge in [0.25, 0.3) is 0 Å². The van der Waals surface area contributed by atoms with Gasteiger partial charge in [-0.1, -0.05) is 0 Å². The van der Waals surface area contributed by atoms with E-state index in [1.807, 2.05) is 23.6 Å². The summed E-state index contributed by atoms with van der Waals surface area (Å²) in [5, 5.41) is 12.0. The molecule has 2 N–H and O–H groups in total. The van der Waals surface area contributed by atoms with E-state index in [2.05, 4.69) is 20.4 Å². The van der Waals surface area contributed by atoms with Gasteiger partial charge in [-0.15, -0.1) is 11.3 Å². The molecule has 1 aliphatic heterocycles. The molecule has 5 rings (SSSR count). The van der Waals surface area contributed by atoms with Gasteiger partial charge in [0.15, 0.2) is 0 Å². The molecule has 154 valence electrons. The van der Waals surface area contributed by atoms with Crippen molar-refractivity contribution >= 4 is 27.4 Å². The van der Waals surface area contributed by atoms with E-state index in [4.69, 9.17) is 14.7 Å². The van der Waals surface area contributed by atoms with Gasteiger partial charge in [0.2, 0.25) is 0 Å². The van der Waals surface area contributed by atoms with Gasteiger partial charge in [0.1, 0.15) is 16.5 Å². The van der Waals surface area contributed by atoms with Crippen molar-refractivity contribution < 1.29 is 4.74 Å². The molecule has 1 saturated heterocycles. The number of aromatic nitrogens is 4. The van der Waals surface area contributed by atoms with Crippen LogP contribution in [0.3, 0.4) is 0 Å². The molecule has 4 heterocycles. The molecule has 0 amide bonds. The molecule has 29 heavy (non-hydrogen) atoms. The Morgan fingerprint density at radius 1 is 1.17 bits per heavy atom. The third-order valence-corrected chi connectivity index (χ3v) is 6.99. The van der Waals surface area contributed by atoms with Gasteiger partial charge in [-0.3, -0.25) is 10.00 Å². The van der Waals surface area contributed by atoms with Gasteiger partial charge in [-0.2, -0.15) is 5.10 Å². The second-order valence-electron chi connectivity index (χ2n) is 7.88. The highest BCUT2D eigenvalue weighted by molar-refractivity contribution is 7.19. The SMILES string of the molecule is c1cc(CCCNc2nc(CN3CCOCC3)nc3sc4c(c23)CCCC4)[nH]n1. The Hall–Kier alpha value is -2.03. The van der Waals surface area contributed by atoms with Crippen molar-refractivity contribution in [1.29, 1.82) is 0 Å².